The molecule has 0 unspecified atom stereocenters. The van der Waals surface area contributed by atoms with Crippen molar-refractivity contribution in [3.8, 4) is 57.1 Å². The summed E-state index contributed by atoms with van der Waals surface area (Å²) in [5, 5.41) is 0. The zero-order valence-corrected chi connectivity index (χ0v) is 24.6. The zero-order valence-electron chi connectivity index (χ0n) is 24.6. The SMILES string of the molecule is Cc1ccc2c(c1)N1c3ccc(-c4ccc5c(c4)Oc4cccc6c4N5c4cc(C(F)(F)F)ccc4O6)cc3Oc3cccc(c31)O2. The van der Waals surface area contributed by atoms with Crippen molar-refractivity contribution in [1.29, 1.82) is 0 Å². The lowest BCUT2D eigenvalue weighted by Gasteiger charge is -2.38. The van der Waals surface area contributed by atoms with E-state index in [4.69, 9.17) is 18.9 Å². The molecule has 0 saturated carbocycles. The number of ether oxygens (including phenoxy) is 4. The van der Waals surface area contributed by atoms with Crippen molar-refractivity contribution in [3.63, 3.8) is 0 Å². The van der Waals surface area contributed by atoms with E-state index in [2.05, 4.69) is 11.0 Å². The lowest BCUT2D eigenvalue weighted by Crippen LogP contribution is -2.21. The van der Waals surface area contributed by atoms with E-state index >= 15 is 0 Å². The summed E-state index contributed by atoms with van der Waals surface area (Å²) in [5.41, 5.74) is 6.20. The number of aryl methyl sites for hydroxylation is 1. The summed E-state index contributed by atoms with van der Waals surface area (Å²) < 4.78 is 66.4. The molecule has 0 bridgehead atoms. The molecule has 0 aliphatic carbocycles. The van der Waals surface area contributed by atoms with Gasteiger partial charge in [0, 0.05) is 0 Å². The first-order valence-corrected chi connectivity index (χ1v) is 15.0. The first-order chi connectivity index (χ1) is 22.8. The molecule has 0 amide bonds. The van der Waals surface area contributed by atoms with E-state index in [1.54, 1.807) is 23.1 Å². The van der Waals surface area contributed by atoms with E-state index in [9.17, 15) is 13.2 Å². The molecule has 47 heavy (non-hydrogen) atoms. The van der Waals surface area contributed by atoms with Crippen molar-refractivity contribution in [2.45, 2.75) is 13.1 Å². The van der Waals surface area contributed by atoms with E-state index in [0.29, 0.717) is 51.6 Å². The summed E-state index contributed by atoms with van der Waals surface area (Å²) in [6.45, 7) is 2.05. The predicted molar refractivity (Wildman–Crippen MR) is 171 cm³/mol. The van der Waals surface area contributed by atoms with Crippen molar-refractivity contribution in [1.82, 2.24) is 0 Å². The van der Waals surface area contributed by atoms with Gasteiger partial charge in [0.15, 0.2) is 46.0 Å². The highest BCUT2D eigenvalue weighted by Gasteiger charge is 2.39. The fourth-order valence-corrected chi connectivity index (χ4v) is 6.75. The van der Waals surface area contributed by atoms with Gasteiger partial charge in [0.05, 0.1) is 28.3 Å². The number of hydrogen-bond donors (Lipinski definition) is 0. The highest BCUT2D eigenvalue weighted by molar-refractivity contribution is 5.96. The van der Waals surface area contributed by atoms with Crippen LogP contribution in [0.25, 0.3) is 11.1 Å². The van der Waals surface area contributed by atoms with Gasteiger partial charge in [-0.15, -0.1) is 0 Å². The second-order valence-corrected chi connectivity index (χ2v) is 11.8. The fraction of sp³-hybridized carbons (Fsp3) is 0.0526. The molecule has 6 aromatic carbocycles. The van der Waals surface area contributed by atoms with Gasteiger partial charge in [0.1, 0.15) is 11.4 Å². The standard InChI is InChI=1S/C38H21F3N2O4/c1-20-8-14-28-26(16-20)42-24-12-9-21(17-34(24)46-32-6-2-4-30(44-28)36(32)42)22-10-13-25-35(18-22)47-33-7-3-5-31-37(33)43(25)27-19-23(38(39,40)41)11-15-29(27)45-31/h2-19H,1H3. The highest BCUT2D eigenvalue weighted by atomic mass is 19.4. The van der Waals surface area contributed by atoms with Crippen molar-refractivity contribution >= 4 is 34.1 Å². The maximum absolute atomic E-state index is 13.8. The van der Waals surface area contributed by atoms with E-state index < -0.39 is 11.7 Å². The van der Waals surface area contributed by atoms with Crippen LogP contribution in [0.2, 0.25) is 0 Å². The Balaban J connectivity index is 1.09. The van der Waals surface area contributed by atoms with Gasteiger partial charge >= 0.3 is 6.18 Å². The van der Waals surface area contributed by atoms with Crippen LogP contribution in [-0.4, -0.2) is 0 Å². The molecule has 0 fully saturated rings. The van der Waals surface area contributed by atoms with E-state index in [1.807, 2.05) is 73.7 Å². The topological polar surface area (TPSA) is 43.4 Å². The zero-order chi connectivity index (χ0) is 31.6. The number of hydrogen-bond acceptors (Lipinski definition) is 6. The van der Waals surface area contributed by atoms with Crippen LogP contribution < -0.4 is 28.7 Å². The molecule has 0 spiro atoms. The molecule has 0 radical (unpaired) electrons. The second kappa shape index (κ2) is 9.01. The number of fused-ring (bicyclic) bond motifs is 8. The number of alkyl halides is 3. The monoisotopic (exact) mass is 626 g/mol. The van der Waals surface area contributed by atoms with Gasteiger partial charge in [-0.3, -0.25) is 9.80 Å². The summed E-state index contributed by atoms with van der Waals surface area (Å²) in [4.78, 5) is 3.96. The van der Waals surface area contributed by atoms with Gasteiger partial charge in [-0.25, -0.2) is 0 Å². The number of para-hydroxylation sites is 2. The van der Waals surface area contributed by atoms with Crippen LogP contribution in [0.3, 0.4) is 0 Å². The molecule has 6 aromatic rings. The molecule has 228 valence electrons. The normalized spacial score (nSPS) is 14.1. The Hall–Kier alpha value is -6.09. The second-order valence-electron chi connectivity index (χ2n) is 11.8. The average Bonchev–Trinajstić information content (AvgIpc) is 3.07. The molecule has 0 N–H and O–H groups in total. The van der Waals surface area contributed by atoms with Crippen LogP contribution in [0.15, 0.2) is 109 Å². The Kier molecular flexibility index (Phi) is 5.01. The van der Waals surface area contributed by atoms with E-state index in [0.717, 1.165) is 57.4 Å². The summed E-state index contributed by atoms with van der Waals surface area (Å²) in [7, 11) is 0. The lowest BCUT2D eigenvalue weighted by molar-refractivity contribution is -0.137. The third-order valence-corrected chi connectivity index (χ3v) is 8.87. The minimum absolute atomic E-state index is 0.290. The molecule has 4 aliphatic heterocycles. The van der Waals surface area contributed by atoms with Crippen LogP contribution in [0.1, 0.15) is 11.1 Å². The van der Waals surface area contributed by atoms with Crippen molar-refractivity contribution < 1.29 is 32.1 Å². The minimum Gasteiger partial charge on any atom is -0.453 e. The van der Waals surface area contributed by atoms with Crippen molar-refractivity contribution in [2.75, 3.05) is 9.80 Å². The Labute approximate surface area is 266 Å². The van der Waals surface area contributed by atoms with Gasteiger partial charge in [0.25, 0.3) is 0 Å². The van der Waals surface area contributed by atoms with Gasteiger partial charge in [-0.05, 0) is 102 Å². The number of nitrogens with zero attached hydrogens (tertiary/aromatic N) is 2. The molecule has 6 nitrogen and oxygen atoms in total. The Morgan fingerprint density at radius 1 is 0.447 bits per heavy atom. The van der Waals surface area contributed by atoms with Crippen LogP contribution >= 0.6 is 0 Å². The Morgan fingerprint density at radius 3 is 1.43 bits per heavy atom. The van der Waals surface area contributed by atoms with E-state index in [1.165, 1.54) is 6.07 Å². The maximum atomic E-state index is 13.8. The minimum atomic E-state index is -4.51. The highest BCUT2D eigenvalue weighted by Crippen LogP contribution is 2.62. The quantitative estimate of drug-likeness (QED) is 0.181. The van der Waals surface area contributed by atoms with Gasteiger partial charge in [-0.2, -0.15) is 13.2 Å². The van der Waals surface area contributed by atoms with Crippen LogP contribution in [0.5, 0.6) is 46.0 Å². The largest absolute Gasteiger partial charge is 0.453 e. The smallest absolute Gasteiger partial charge is 0.416 e. The summed E-state index contributed by atoms with van der Waals surface area (Å²) in [6.07, 6.45) is -4.51. The van der Waals surface area contributed by atoms with Crippen LogP contribution in [-0.2, 0) is 6.18 Å². The van der Waals surface area contributed by atoms with Crippen molar-refractivity contribution in [3.05, 3.63) is 120 Å². The number of rotatable bonds is 1. The molecular formula is C38H21F3N2O4. The van der Waals surface area contributed by atoms with Crippen molar-refractivity contribution in [2.24, 2.45) is 0 Å². The first-order valence-electron chi connectivity index (χ1n) is 15.0. The third-order valence-electron chi connectivity index (χ3n) is 8.87. The Morgan fingerprint density at radius 2 is 0.915 bits per heavy atom. The number of benzene rings is 6. The summed E-state index contributed by atoms with van der Waals surface area (Å²) in [5.74, 6) is 4.66. The van der Waals surface area contributed by atoms with E-state index in [-0.39, 0.29) is 0 Å². The Bertz CT molecular complexity index is 2350. The molecule has 0 saturated heterocycles. The molecule has 0 atom stereocenters. The first kappa shape index (κ1) is 26.2. The molecular weight excluding hydrogens is 605 g/mol. The molecule has 0 aromatic heterocycles. The number of anilines is 6. The fourth-order valence-electron chi connectivity index (χ4n) is 6.75. The predicted octanol–water partition coefficient (Wildman–Crippen LogP) is 12.0. The average molecular weight is 627 g/mol. The molecule has 10 rings (SSSR count). The molecule has 4 aliphatic rings. The summed E-state index contributed by atoms with van der Waals surface area (Å²) >= 11 is 0. The lowest BCUT2D eigenvalue weighted by atomic mass is 10.00. The third kappa shape index (κ3) is 3.74. The van der Waals surface area contributed by atoms with Gasteiger partial charge < -0.3 is 18.9 Å². The van der Waals surface area contributed by atoms with Crippen LogP contribution in [0, 0.1) is 6.92 Å². The number of halogens is 3. The van der Waals surface area contributed by atoms with Gasteiger partial charge in [-0.1, -0.05) is 30.3 Å². The molecule has 4 heterocycles. The maximum Gasteiger partial charge on any atom is 0.416 e. The summed E-state index contributed by atoms with van der Waals surface area (Å²) in [6, 6.07) is 32.5. The van der Waals surface area contributed by atoms with Gasteiger partial charge in [0.2, 0.25) is 0 Å². The van der Waals surface area contributed by atoms with Crippen LogP contribution in [0.4, 0.5) is 47.3 Å². The molecule has 9 heteroatoms.